The van der Waals surface area contributed by atoms with Crippen molar-refractivity contribution in [3.8, 4) is 17.2 Å². The fourth-order valence-electron chi connectivity index (χ4n) is 3.26. The molecule has 0 fully saturated rings. The lowest BCUT2D eigenvalue weighted by Gasteiger charge is -2.19. The molecule has 3 aromatic carbocycles. The third kappa shape index (κ3) is 3.59. The second-order valence-electron chi connectivity index (χ2n) is 6.79. The van der Waals surface area contributed by atoms with Crippen molar-refractivity contribution in [1.29, 1.82) is 0 Å². The Hall–Kier alpha value is -3.60. The predicted molar refractivity (Wildman–Crippen MR) is 115 cm³/mol. The summed E-state index contributed by atoms with van der Waals surface area (Å²) >= 11 is 0. The van der Waals surface area contributed by atoms with E-state index >= 15 is 0 Å². The van der Waals surface area contributed by atoms with Gasteiger partial charge in [-0.1, -0.05) is 25.1 Å². The van der Waals surface area contributed by atoms with Gasteiger partial charge in [0.2, 0.25) is 5.89 Å². The van der Waals surface area contributed by atoms with Gasteiger partial charge in [-0.25, -0.2) is 4.98 Å². The Labute approximate surface area is 169 Å². The number of amides is 1. The second kappa shape index (κ2) is 7.80. The van der Waals surface area contributed by atoms with Gasteiger partial charge in [-0.05, 0) is 60.5 Å². The Kier molecular flexibility index (Phi) is 5.04. The quantitative estimate of drug-likeness (QED) is 0.464. The van der Waals surface area contributed by atoms with Crippen LogP contribution < -0.4 is 9.64 Å². The molecule has 4 aromatic rings. The van der Waals surface area contributed by atoms with E-state index in [4.69, 9.17) is 9.15 Å². The first-order chi connectivity index (χ1) is 14.1. The second-order valence-corrected chi connectivity index (χ2v) is 6.79. The molecule has 146 valence electrons. The molecule has 0 unspecified atom stereocenters. The van der Waals surface area contributed by atoms with Crippen LogP contribution in [0.4, 0.5) is 5.69 Å². The molecule has 1 aromatic heterocycles. The number of hydrogen-bond donors (Lipinski definition) is 0. The monoisotopic (exact) mass is 386 g/mol. The number of aromatic nitrogens is 1. The topological polar surface area (TPSA) is 55.6 Å². The number of benzene rings is 3. The highest BCUT2D eigenvalue weighted by Gasteiger charge is 2.18. The average Bonchev–Trinajstić information content (AvgIpc) is 3.21. The van der Waals surface area contributed by atoms with E-state index in [1.54, 1.807) is 31.2 Å². The molecular weight excluding hydrogens is 364 g/mol. The molecule has 29 heavy (non-hydrogen) atoms. The largest absolute Gasteiger partial charge is 0.496 e. The Morgan fingerprint density at radius 3 is 2.55 bits per heavy atom. The van der Waals surface area contributed by atoms with Crippen LogP contribution in [-0.2, 0) is 6.42 Å². The summed E-state index contributed by atoms with van der Waals surface area (Å²) in [6.07, 6.45) is 0.958. The Morgan fingerprint density at radius 2 is 1.83 bits per heavy atom. The number of methoxy groups -OCH3 is 1. The number of anilines is 1. The van der Waals surface area contributed by atoms with Gasteiger partial charge in [0, 0.05) is 18.3 Å². The molecule has 0 N–H and O–H groups in total. The van der Waals surface area contributed by atoms with Crippen molar-refractivity contribution in [3.63, 3.8) is 0 Å². The maximum absolute atomic E-state index is 12.9. The molecule has 0 saturated carbocycles. The minimum Gasteiger partial charge on any atom is -0.496 e. The number of para-hydroxylation sites is 1. The van der Waals surface area contributed by atoms with E-state index in [0.29, 0.717) is 17.2 Å². The van der Waals surface area contributed by atoms with Crippen LogP contribution in [0.2, 0.25) is 0 Å². The van der Waals surface area contributed by atoms with E-state index in [1.807, 2.05) is 42.5 Å². The van der Waals surface area contributed by atoms with Crippen molar-refractivity contribution in [2.45, 2.75) is 13.3 Å². The summed E-state index contributed by atoms with van der Waals surface area (Å²) in [5.41, 5.74) is 5.00. The first-order valence-corrected chi connectivity index (χ1v) is 9.51. The van der Waals surface area contributed by atoms with Crippen LogP contribution in [0, 0.1) is 0 Å². The summed E-state index contributed by atoms with van der Waals surface area (Å²) in [6.45, 7) is 2.11. The lowest BCUT2D eigenvalue weighted by Crippen LogP contribution is -2.26. The summed E-state index contributed by atoms with van der Waals surface area (Å²) in [6, 6.07) is 20.9. The number of aryl methyl sites for hydroxylation is 1. The number of oxazole rings is 1. The molecule has 0 aliphatic rings. The molecule has 0 radical (unpaired) electrons. The van der Waals surface area contributed by atoms with Crippen LogP contribution in [0.3, 0.4) is 0 Å². The van der Waals surface area contributed by atoms with Gasteiger partial charge in [0.05, 0.1) is 12.7 Å². The minimum absolute atomic E-state index is 0.135. The molecule has 1 amide bonds. The van der Waals surface area contributed by atoms with Crippen LogP contribution in [0.25, 0.3) is 22.6 Å². The van der Waals surface area contributed by atoms with Gasteiger partial charge < -0.3 is 14.1 Å². The van der Waals surface area contributed by atoms with E-state index in [-0.39, 0.29) is 5.91 Å². The van der Waals surface area contributed by atoms with E-state index in [0.717, 1.165) is 28.8 Å². The zero-order valence-corrected chi connectivity index (χ0v) is 16.7. The normalized spacial score (nSPS) is 10.9. The molecular formula is C24H22N2O3. The Bertz CT molecular complexity index is 1160. The van der Waals surface area contributed by atoms with Crippen molar-refractivity contribution in [2.75, 3.05) is 19.1 Å². The van der Waals surface area contributed by atoms with Crippen molar-refractivity contribution in [3.05, 3.63) is 77.9 Å². The predicted octanol–water partition coefficient (Wildman–Crippen LogP) is 5.34. The lowest BCUT2D eigenvalue weighted by molar-refractivity contribution is 0.0990. The number of carbonyl (C=O) groups excluding carboxylic acids is 1. The zero-order valence-electron chi connectivity index (χ0n) is 16.7. The number of carbonyl (C=O) groups is 1. The van der Waals surface area contributed by atoms with E-state index in [1.165, 1.54) is 5.56 Å². The molecule has 5 heteroatoms. The number of fused-ring (bicyclic) bond motifs is 1. The summed E-state index contributed by atoms with van der Waals surface area (Å²) in [5, 5.41) is 0. The smallest absolute Gasteiger partial charge is 0.261 e. The van der Waals surface area contributed by atoms with Gasteiger partial charge in [-0.15, -0.1) is 0 Å². The summed E-state index contributed by atoms with van der Waals surface area (Å²) in [5.74, 6) is 0.988. The lowest BCUT2D eigenvalue weighted by atomic mass is 10.1. The maximum atomic E-state index is 12.9. The van der Waals surface area contributed by atoms with Crippen molar-refractivity contribution < 1.29 is 13.9 Å². The van der Waals surface area contributed by atoms with Crippen molar-refractivity contribution >= 4 is 22.7 Å². The molecule has 0 spiro atoms. The van der Waals surface area contributed by atoms with Gasteiger partial charge in [-0.3, -0.25) is 4.79 Å². The number of hydrogen-bond acceptors (Lipinski definition) is 4. The van der Waals surface area contributed by atoms with Crippen molar-refractivity contribution in [1.82, 2.24) is 4.98 Å². The number of rotatable bonds is 5. The zero-order chi connectivity index (χ0) is 20.4. The van der Waals surface area contributed by atoms with Gasteiger partial charge in [0.15, 0.2) is 5.58 Å². The van der Waals surface area contributed by atoms with Gasteiger partial charge in [0.25, 0.3) is 5.91 Å². The van der Waals surface area contributed by atoms with E-state index < -0.39 is 0 Å². The molecule has 5 nitrogen and oxygen atoms in total. The fourth-order valence-corrected chi connectivity index (χ4v) is 3.26. The third-order valence-corrected chi connectivity index (χ3v) is 5.00. The average molecular weight is 386 g/mol. The molecule has 0 aliphatic carbocycles. The van der Waals surface area contributed by atoms with Crippen LogP contribution in [0.15, 0.2) is 71.1 Å². The molecule has 4 rings (SSSR count). The SMILES string of the molecule is CCc1ccc2oc(-c3ccc(N(C)C(=O)c4ccccc4OC)cc3)nc2c1. The first kappa shape index (κ1) is 18.7. The van der Waals surface area contributed by atoms with Crippen LogP contribution in [0.5, 0.6) is 5.75 Å². The summed E-state index contributed by atoms with van der Waals surface area (Å²) in [4.78, 5) is 19.1. The highest BCUT2D eigenvalue weighted by atomic mass is 16.5. The third-order valence-electron chi connectivity index (χ3n) is 5.00. The van der Waals surface area contributed by atoms with Crippen molar-refractivity contribution in [2.24, 2.45) is 0 Å². The van der Waals surface area contributed by atoms with Crippen LogP contribution in [-0.4, -0.2) is 25.0 Å². The highest BCUT2D eigenvalue weighted by molar-refractivity contribution is 6.07. The summed E-state index contributed by atoms with van der Waals surface area (Å²) in [7, 11) is 3.31. The van der Waals surface area contributed by atoms with Crippen LogP contribution >= 0.6 is 0 Å². The summed E-state index contributed by atoms with van der Waals surface area (Å²) < 4.78 is 11.2. The maximum Gasteiger partial charge on any atom is 0.261 e. The van der Waals surface area contributed by atoms with Gasteiger partial charge in [-0.2, -0.15) is 0 Å². The van der Waals surface area contributed by atoms with Crippen LogP contribution in [0.1, 0.15) is 22.8 Å². The van der Waals surface area contributed by atoms with Gasteiger partial charge >= 0.3 is 0 Å². The van der Waals surface area contributed by atoms with E-state index in [9.17, 15) is 4.79 Å². The standard InChI is InChI=1S/C24H22N2O3/c1-4-16-9-14-22-20(15-16)25-23(29-22)17-10-12-18(13-11-17)26(2)24(27)19-7-5-6-8-21(19)28-3/h5-15H,4H2,1-3H3. The molecule has 0 saturated heterocycles. The molecule has 0 bridgehead atoms. The number of nitrogens with zero attached hydrogens (tertiary/aromatic N) is 2. The fraction of sp³-hybridized carbons (Fsp3) is 0.167. The molecule has 0 atom stereocenters. The molecule has 0 aliphatic heterocycles. The van der Waals surface area contributed by atoms with Gasteiger partial charge in [0.1, 0.15) is 11.3 Å². The minimum atomic E-state index is -0.135. The van der Waals surface area contributed by atoms with E-state index in [2.05, 4.69) is 24.0 Å². The number of ether oxygens (including phenoxy) is 1. The first-order valence-electron chi connectivity index (χ1n) is 9.51. The Balaban J connectivity index is 1.59. The molecule has 1 heterocycles. The highest BCUT2D eigenvalue weighted by Crippen LogP contribution is 2.28. The Morgan fingerprint density at radius 1 is 1.07 bits per heavy atom.